The summed E-state index contributed by atoms with van der Waals surface area (Å²) in [7, 11) is 2.96. The Bertz CT molecular complexity index is 807. The minimum atomic E-state index is -0.662. The van der Waals surface area contributed by atoms with E-state index in [4.69, 9.17) is 35.8 Å². The van der Waals surface area contributed by atoms with E-state index in [2.05, 4.69) is 0 Å². The Morgan fingerprint density at radius 3 is 2.28 bits per heavy atom. The Labute approximate surface area is 150 Å². The first-order valence-electron chi connectivity index (χ1n) is 7.34. The molecule has 0 aliphatic heterocycles. The SMILES string of the molecule is CCOc1cc(C#N)cc(Cl)c1OC(=O)c1cc(OC)cc(OC)c1. The molecule has 130 valence electrons. The summed E-state index contributed by atoms with van der Waals surface area (Å²) < 4.78 is 21.1. The second kappa shape index (κ2) is 8.27. The number of nitriles is 1. The Morgan fingerprint density at radius 1 is 1.12 bits per heavy atom. The van der Waals surface area contributed by atoms with E-state index in [-0.39, 0.29) is 22.1 Å². The summed E-state index contributed by atoms with van der Waals surface area (Å²) in [5.41, 5.74) is 0.523. The van der Waals surface area contributed by atoms with Crippen molar-refractivity contribution < 1.29 is 23.7 Å². The molecule has 0 amide bonds. The molecule has 0 saturated carbocycles. The molecule has 7 heteroatoms. The van der Waals surface area contributed by atoms with E-state index in [1.165, 1.54) is 38.5 Å². The van der Waals surface area contributed by atoms with Crippen LogP contribution < -0.4 is 18.9 Å². The van der Waals surface area contributed by atoms with Crippen molar-refractivity contribution in [1.29, 1.82) is 5.26 Å². The van der Waals surface area contributed by atoms with E-state index < -0.39 is 5.97 Å². The quantitative estimate of drug-likeness (QED) is 0.574. The van der Waals surface area contributed by atoms with Crippen LogP contribution in [0.4, 0.5) is 0 Å². The fourth-order valence-electron chi connectivity index (χ4n) is 2.07. The number of hydrogen-bond donors (Lipinski definition) is 0. The minimum Gasteiger partial charge on any atom is -0.497 e. The van der Waals surface area contributed by atoms with E-state index >= 15 is 0 Å². The molecule has 0 N–H and O–H groups in total. The molecule has 0 fully saturated rings. The van der Waals surface area contributed by atoms with Crippen LogP contribution in [0.2, 0.25) is 5.02 Å². The molecular formula is C18H16ClNO5. The van der Waals surface area contributed by atoms with Gasteiger partial charge in [-0.25, -0.2) is 4.79 Å². The summed E-state index contributed by atoms with van der Waals surface area (Å²) >= 11 is 6.14. The van der Waals surface area contributed by atoms with Gasteiger partial charge in [-0.15, -0.1) is 0 Å². The summed E-state index contributed by atoms with van der Waals surface area (Å²) in [6.45, 7) is 2.09. The van der Waals surface area contributed by atoms with Crippen molar-refractivity contribution in [1.82, 2.24) is 0 Å². The van der Waals surface area contributed by atoms with Gasteiger partial charge in [-0.2, -0.15) is 5.26 Å². The van der Waals surface area contributed by atoms with Crippen LogP contribution in [0.3, 0.4) is 0 Å². The van der Waals surface area contributed by atoms with Gasteiger partial charge in [0.15, 0.2) is 11.5 Å². The van der Waals surface area contributed by atoms with Gasteiger partial charge in [-0.05, 0) is 25.1 Å². The van der Waals surface area contributed by atoms with Gasteiger partial charge in [0, 0.05) is 12.1 Å². The van der Waals surface area contributed by atoms with Gasteiger partial charge >= 0.3 is 5.97 Å². The Kier molecular flexibility index (Phi) is 6.09. The van der Waals surface area contributed by atoms with Crippen LogP contribution in [0, 0.1) is 11.3 Å². The van der Waals surface area contributed by atoms with Crippen LogP contribution in [-0.4, -0.2) is 26.8 Å². The fourth-order valence-corrected chi connectivity index (χ4v) is 2.32. The monoisotopic (exact) mass is 361 g/mol. The summed E-state index contributed by atoms with van der Waals surface area (Å²) in [6.07, 6.45) is 0. The minimum absolute atomic E-state index is 0.0503. The van der Waals surface area contributed by atoms with Crippen molar-refractivity contribution in [3.05, 3.63) is 46.5 Å². The molecule has 0 heterocycles. The first-order chi connectivity index (χ1) is 12.0. The summed E-state index contributed by atoms with van der Waals surface area (Å²) in [4.78, 5) is 12.5. The topological polar surface area (TPSA) is 77.8 Å². The van der Waals surface area contributed by atoms with Crippen LogP contribution in [0.25, 0.3) is 0 Å². The lowest BCUT2D eigenvalue weighted by molar-refractivity contribution is 0.0727. The average Bonchev–Trinajstić information content (AvgIpc) is 2.63. The number of benzene rings is 2. The van der Waals surface area contributed by atoms with Crippen molar-refractivity contribution in [3.63, 3.8) is 0 Å². The van der Waals surface area contributed by atoms with Crippen LogP contribution in [0.15, 0.2) is 30.3 Å². The molecule has 0 spiro atoms. The molecule has 0 bridgehead atoms. The number of carbonyl (C=O) groups is 1. The zero-order valence-electron chi connectivity index (χ0n) is 14.0. The molecule has 0 saturated heterocycles. The lowest BCUT2D eigenvalue weighted by atomic mass is 10.2. The van der Waals surface area contributed by atoms with Crippen molar-refractivity contribution in [3.8, 4) is 29.1 Å². The van der Waals surface area contributed by atoms with Crippen molar-refractivity contribution in [2.24, 2.45) is 0 Å². The maximum atomic E-state index is 12.5. The van der Waals surface area contributed by atoms with Crippen LogP contribution >= 0.6 is 11.6 Å². The molecule has 6 nitrogen and oxygen atoms in total. The average molecular weight is 362 g/mol. The molecule has 0 atom stereocenters. The second-order valence-corrected chi connectivity index (χ2v) is 5.23. The first-order valence-corrected chi connectivity index (χ1v) is 7.71. The van der Waals surface area contributed by atoms with E-state index in [1.54, 1.807) is 13.0 Å². The fraction of sp³-hybridized carbons (Fsp3) is 0.222. The van der Waals surface area contributed by atoms with Gasteiger partial charge in [-0.3, -0.25) is 0 Å². The molecule has 0 aliphatic carbocycles. The molecule has 0 unspecified atom stereocenters. The first kappa shape index (κ1) is 18.4. The van der Waals surface area contributed by atoms with E-state index in [0.717, 1.165) is 0 Å². The molecule has 2 rings (SSSR count). The highest BCUT2D eigenvalue weighted by molar-refractivity contribution is 6.32. The predicted octanol–water partition coefficient (Wildman–Crippen LogP) is 3.85. The van der Waals surface area contributed by atoms with Gasteiger partial charge in [-0.1, -0.05) is 11.6 Å². The summed E-state index contributed by atoms with van der Waals surface area (Å²) in [5, 5.41) is 9.12. The molecule has 0 radical (unpaired) electrons. The van der Waals surface area contributed by atoms with Gasteiger partial charge in [0.1, 0.15) is 11.5 Å². The summed E-state index contributed by atoms with van der Waals surface area (Å²) in [5.74, 6) is 0.498. The van der Waals surface area contributed by atoms with Crippen molar-refractivity contribution in [2.75, 3.05) is 20.8 Å². The third-order valence-electron chi connectivity index (χ3n) is 3.22. The third-order valence-corrected chi connectivity index (χ3v) is 3.50. The normalized spacial score (nSPS) is 9.88. The van der Waals surface area contributed by atoms with E-state index in [0.29, 0.717) is 23.7 Å². The third kappa shape index (κ3) is 4.34. The van der Waals surface area contributed by atoms with Crippen molar-refractivity contribution >= 4 is 17.6 Å². The second-order valence-electron chi connectivity index (χ2n) is 4.82. The number of halogens is 1. The Hall–Kier alpha value is -2.91. The smallest absolute Gasteiger partial charge is 0.343 e. The highest BCUT2D eigenvalue weighted by atomic mass is 35.5. The standard InChI is InChI=1S/C18H16ClNO5/c1-4-24-16-6-11(10-20)5-15(19)17(16)25-18(21)12-7-13(22-2)9-14(8-12)23-3/h5-9H,4H2,1-3H3. The predicted molar refractivity (Wildman–Crippen MR) is 91.8 cm³/mol. The van der Waals surface area contributed by atoms with Crippen LogP contribution in [0.1, 0.15) is 22.8 Å². The molecule has 0 aromatic heterocycles. The molecule has 25 heavy (non-hydrogen) atoms. The number of methoxy groups -OCH3 is 2. The number of rotatable bonds is 6. The van der Waals surface area contributed by atoms with Gasteiger partial charge in [0.05, 0.1) is 43.0 Å². The summed E-state index contributed by atoms with van der Waals surface area (Å²) in [6, 6.07) is 9.50. The molecule has 2 aromatic rings. The highest BCUT2D eigenvalue weighted by Gasteiger charge is 2.19. The largest absolute Gasteiger partial charge is 0.497 e. The van der Waals surface area contributed by atoms with Crippen molar-refractivity contribution in [2.45, 2.75) is 6.92 Å². The van der Waals surface area contributed by atoms with Crippen LogP contribution in [-0.2, 0) is 0 Å². The zero-order valence-corrected chi connectivity index (χ0v) is 14.7. The maximum absolute atomic E-state index is 12.5. The Morgan fingerprint density at radius 2 is 1.76 bits per heavy atom. The highest BCUT2D eigenvalue weighted by Crippen LogP contribution is 2.37. The van der Waals surface area contributed by atoms with Gasteiger partial charge < -0.3 is 18.9 Å². The van der Waals surface area contributed by atoms with Gasteiger partial charge in [0.2, 0.25) is 0 Å². The maximum Gasteiger partial charge on any atom is 0.343 e. The molecular weight excluding hydrogens is 346 g/mol. The lowest BCUT2D eigenvalue weighted by Gasteiger charge is -2.13. The van der Waals surface area contributed by atoms with E-state index in [9.17, 15) is 4.79 Å². The zero-order chi connectivity index (χ0) is 18.4. The number of ether oxygens (including phenoxy) is 4. The number of nitrogens with zero attached hydrogens (tertiary/aromatic N) is 1. The number of carbonyl (C=O) groups excluding carboxylic acids is 1. The van der Waals surface area contributed by atoms with Gasteiger partial charge in [0.25, 0.3) is 0 Å². The Balaban J connectivity index is 2.39. The van der Waals surface area contributed by atoms with E-state index in [1.807, 2.05) is 6.07 Å². The number of esters is 1. The molecule has 2 aromatic carbocycles. The molecule has 0 aliphatic rings. The lowest BCUT2D eigenvalue weighted by Crippen LogP contribution is -2.11. The number of hydrogen-bond acceptors (Lipinski definition) is 6. The van der Waals surface area contributed by atoms with Crippen LogP contribution in [0.5, 0.6) is 23.0 Å².